The molecule has 0 unspecified atom stereocenters. The van der Waals surface area contributed by atoms with E-state index in [4.69, 9.17) is 9.52 Å². The molecule has 2 N–H and O–H groups in total. The van der Waals surface area contributed by atoms with Crippen LogP contribution in [-0.2, 0) is 6.54 Å². The van der Waals surface area contributed by atoms with Gasteiger partial charge < -0.3 is 14.8 Å². The average Bonchev–Trinajstić information content (AvgIpc) is 2.93. The number of carboxylic acid groups (broad SMARTS) is 1. The lowest BCUT2D eigenvalue weighted by molar-refractivity contribution is 0.0660. The number of carbonyl (C=O) groups excluding carboxylic acids is 1. The number of hydrogen-bond acceptors (Lipinski definition) is 4. The maximum Gasteiger partial charge on any atom is 0.371 e. The average molecular weight is 279 g/mol. The van der Waals surface area contributed by atoms with Crippen LogP contribution < -0.4 is 5.32 Å². The molecule has 0 fully saturated rings. The number of furan rings is 1. The van der Waals surface area contributed by atoms with Crippen LogP contribution in [0.5, 0.6) is 0 Å². The summed E-state index contributed by atoms with van der Waals surface area (Å²) in [6.45, 7) is 4.00. The first-order chi connectivity index (χ1) is 8.97. The molecular weight excluding hydrogens is 266 g/mol. The molecule has 0 aliphatic rings. The van der Waals surface area contributed by atoms with Crippen LogP contribution in [0.2, 0.25) is 0 Å². The number of carbonyl (C=O) groups is 2. The maximum atomic E-state index is 11.9. The number of hydrogen-bond donors (Lipinski definition) is 2. The van der Waals surface area contributed by atoms with Crippen molar-refractivity contribution in [3.63, 3.8) is 0 Å². The quantitative estimate of drug-likeness (QED) is 0.901. The summed E-state index contributed by atoms with van der Waals surface area (Å²) >= 11 is 1.57. The highest BCUT2D eigenvalue weighted by molar-refractivity contribution is 7.12. The van der Waals surface area contributed by atoms with E-state index in [-0.39, 0.29) is 18.2 Å². The van der Waals surface area contributed by atoms with Gasteiger partial charge in [0, 0.05) is 9.75 Å². The van der Waals surface area contributed by atoms with Crippen LogP contribution in [0.4, 0.5) is 0 Å². The largest absolute Gasteiger partial charge is 0.475 e. The Morgan fingerprint density at radius 1 is 1.37 bits per heavy atom. The number of aryl methyl sites for hydroxylation is 2. The molecule has 0 atom stereocenters. The van der Waals surface area contributed by atoms with E-state index in [1.54, 1.807) is 11.3 Å². The Kier molecular flexibility index (Phi) is 3.71. The first-order valence-electron chi connectivity index (χ1n) is 5.64. The summed E-state index contributed by atoms with van der Waals surface area (Å²) in [7, 11) is 0. The van der Waals surface area contributed by atoms with Crippen molar-refractivity contribution in [1.29, 1.82) is 0 Å². The molecule has 1 amide bonds. The fourth-order valence-electron chi connectivity index (χ4n) is 1.71. The molecule has 2 rings (SSSR count). The Labute approximate surface area is 113 Å². The predicted molar refractivity (Wildman–Crippen MR) is 70.6 cm³/mol. The Hall–Kier alpha value is -2.08. The molecule has 0 bridgehead atoms. The molecule has 2 aromatic rings. The minimum absolute atomic E-state index is 0.133. The van der Waals surface area contributed by atoms with Gasteiger partial charge in [0.25, 0.3) is 5.91 Å². The van der Waals surface area contributed by atoms with E-state index < -0.39 is 5.97 Å². The first kappa shape index (κ1) is 13.4. The number of rotatable bonds is 4. The van der Waals surface area contributed by atoms with Crippen molar-refractivity contribution < 1.29 is 19.1 Å². The second-order valence-electron chi connectivity index (χ2n) is 4.08. The molecule has 2 aromatic heterocycles. The molecule has 5 nitrogen and oxygen atoms in total. The van der Waals surface area contributed by atoms with Gasteiger partial charge in [0.1, 0.15) is 5.76 Å². The lowest BCUT2D eigenvalue weighted by Crippen LogP contribution is -2.22. The van der Waals surface area contributed by atoms with Gasteiger partial charge in [0.2, 0.25) is 5.76 Å². The summed E-state index contributed by atoms with van der Waals surface area (Å²) in [6, 6.07) is 4.74. The first-order valence-corrected chi connectivity index (χ1v) is 6.46. The molecule has 0 aliphatic carbocycles. The minimum Gasteiger partial charge on any atom is -0.475 e. The van der Waals surface area contributed by atoms with Crippen molar-refractivity contribution in [2.45, 2.75) is 20.4 Å². The van der Waals surface area contributed by atoms with Crippen molar-refractivity contribution in [2.75, 3.05) is 0 Å². The Bertz CT molecular complexity index is 626. The van der Waals surface area contributed by atoms with Crippen LogP contribution >= 0.6 is 11.3 Å². The summed E-state index contributed by atoms with van der Waals surface area (Å²) in [6.07, 6.45) is 0. The SMILES string of the molecule is Cc1cc(C(=O)NCc2ccc(C(=O)O)o2)c(C)s1. The monoisotopic (exact) mass is 279 g/mol. The highest BCUT2D eigenvalue weighted by Gasteiger charge is 2.13. The predicted octanol–water partition coefficient (Wildman–Crippen LogP) is 2.59. The third-order valence-corrected chi connectivity index (χ3v) is 3.55. The molecule has 0 aromatic carbocycles. The van der Waals surface area contributed by atoms with E-state index in [2.05, 4.69) is 5.32 Å². The van der Waals surface area contributed by atoms with Crippen molar-refractivity contribution in [3.8, 4) is 0 Å². The molecule has 0 aliphatic heterocycles. The Morgan fingerprint density at radius 2 is 2.11 bits per heavy atom. The Balaban J connectivity index is 2.00. The van der Waals surface area contributed by atoms with E-state index in [1.807, 2.05) is 19.9 Å². The number of aromatic carboxylic acids is 1. The summed E-state index contributed by atoms with van der Waals surface area (Å²) in [5.41, 5.74) is 0.646. The molecular formula is C13H13NO4S. The van der Waals surface area contributed by atoms with E-state index in [0.717, 1.165) is 9.75 Å². The van der Waals surface area contributed by atoms with Crippen LogP contribution in [0.25, 0.3) is 0 Å². The van der Waals surface area contributed by atoms with Gasteiger partial charge in [-0.15, -0.1) is 11.3 Å². The number of nitrogens with one attached hydrogen (secondary N) is 1. The minimum atomic E-state index is -1.12. The number of carboxylic acids is 1. The van der Waals surface area contributed by atoms with E-state index in [1.165, 1.54) is 12.1 Å². The van der Waals surface area contributed by atoms with Crippen LogP contribution in [0, 0.1) is 13.8 Å². The number of amides is 1. The normalized spacial score (nSPS) is 10.4. The van der Waals surface area contributed by atoms with Crippen LogP contribution in [0.1, 0.15) is 36.4 Å². The van der Waals surface area contributed by atoms with Gasteiger partial charge in [-0.05, 0) is 32.0 Å². The van der Waals surface area contributed by atoms with Gasteiger partial charge in [-0.1, -0.05) is 0 Å². The zero-order valence-corrected chi connectivity index (χ0v) is 11.3. The summed E-state index contributed by atoms with van der Waals surface area (Å²) < 4.78 is 5.06. The van der Waals surface area contributed by atoms with E-state index in [0.29, 0.717) is 11.3 Å². The topological polar surface area (TPSA) is 79.5 Å². The zero-order chi connectivity index (χ0) is 14.0. The van der Waals surface area contributed by atoms with Gasteiger partial charge in [-0.2, -0.15) is 0 Å². The zero-order valence-electron chi connectivity index (χ0n) is 10.5. The second-order valence-corrected chi connectivity index (χ2v) is 5.54. The standard InChI is InChI=1S/C13H13NO4S/c1-7-5-10(8(2)19-7)12(15)14-6-9-3-4-11(18-9)13(16)17/h3-5H,6H2,1-2H3,(H,14,15)(H,16,17). The molecule has 100 valence electrons. The van der Waals surface area contributed by atoms with E-state index in [9.17, 15) is 9.59 Å². The second kappa shape index (κ2) is 5.27. The van der Waals surface area contributed by atoms with Crippen LogP contribution in [0.15, 0.2) is 22.6 Å². The molecule has 6 heteroatoms. The fraction of sp³-hybridized carbons (Fsp3) is 0.231. The molecule has 0 saturated carbocycles. The van der Waals surface area contributed by atoms with Crippen LogP contribution in [0.3, 0.4) is 0 Å². The van der Waals surface area contributed by atoms with Crippen molar-refractivity contribution in [3.05, 3.63) is 45.0 Å². The third kappa shape index (κ3) is 3.03. The van der Waals surface area contributed by atoms with Gasteiger partial charge in [0.15, 0.2) is 0 Å². The molecule has 19 heavy (non-hydrogen) atoms. The van der Waals surface area contributed by atoms with Gasteiger partial charge in [-0.3, -0.25) is 4.79 Å². The lowest BCUT2D eigenvalue weighted by atomic mass is 10.2. The van der Waals surface area contributed by atoms with Gasteiger partial charge in [-0.25, -0.2) is 4.79 Å². The summed E-state index contributed by atoms with van der Waals surface area (Å²) in [4.78, 5) is 24.6. The number of thiophene rings is 1. The Morgan fingerprint density at radius 3 is 2.63 bits per heavy atom. The van der Waals surface area contributed by atoms with Crippen molar-refractivity contribution in [2.24, 2.45) is 0 Å². The van der Waals surface area contributed by atoms with Crippen molar-refractivity contribution >= 4 is 23.2 Å². The molecule has 0 saturated heterocycles. The molecule has 2 heterocycles. The lowest BCUT2D eigenvalue weighted by Gasteiger charge is -2.02. The molecule has 0 spiro atoms. The van der Waals surface area contributed by atoms with Crippen molar-refractivity contribution in [1.82, 2.24) is 5.32 Å². The summed E-state index contributed by atoms with van der Waals surface area (Å²) in [5.74, 6) is -1.03. The van der Waals surface area contributed by atoms with Crippen LogP contribution in [-0.4, -0.2) is 17.0 Å². The van der Waals surface area contributed by atoms with Gasteiger partial charge >= 0.3 is 5.97 Å². The van der Waals surface area contributed by atoms with Gasteiger partial charge in [0.05, 0.1) is 12.1 Å². The highest BCUT2D eigenvalue weighted by atomic mass is 32.1. The highest BCUT2D eigenvalue weighted by Crippen LogP contribution is 2.20. The fourth-order valence-corrected chi connectivity index (χ4v) is 2.63. The van der Waals surface area contributed by atoms with E-state index >= 15 is 0 Å². The third-order valence-electron chi connectivity index (χ3n) is 2.58. The molecule has 0 radical (unpaired) electrons. The smallest absolute Gasteiger partial charge is 0.371 e. The maximum absolute atomic E-state index is 11.9. The summed E-state index contributed by atoms with van der Waals surface area (Å²) in [5, 5.41) is 11.4.